The van der Waals surface area contributed by atoms with E-state index in [-0.39, 0.29) is 10.7 Å². The van der Waals surface area contributed by atoms with Gasteiger partial charge in [0, 0.05) is 5.75 Å². The quantitative estimate of drug-likeness (QED) is 0.0890. The highest BCUT2D eigenvalue weighted by Gasteiger charge is 2.47. The van der Waals surface area contributed by atoms with E-state index in [0.29, 0.717) is 49.3 Å². The molecule has 0 spiro atoms. The van der Waals surface area contributed by atoms with E-state index in [1.54, 1.807) is 32.0 Å². The van der Waals surface area contributed by atoms with Gasteiger partial charge in [0.15, 0.2) is 21.6 Å². The fourth-order valence-electron chi connectivity index (χ4n) is 5.00. The van der Waals surface area contributed by atoms with Crippen LogP contribution >= 0.6 is 34.4 Å². The van der Waals surface area contributed by atoms with Crippen molar-refractivity contribution in [3.63, 3.8) is 0 Å². The van der Waals surface area contributed by atoms with Crippen LogP contribution in [0.25, 0.3) is 0 Å². The second kappa shape index (κ2) is 13.2. The highest BCUT2D eigenvalue weighted by molar-refractivity contribution is 8.00. The lowest BCUT2D eigenvalue weighted by molar-refractivity contribution is -0.117. The monoisotopic (exact) mass is 656 g/mol. The SMILES string of the molecule is COc1cc(C2C(C(=O)c3sc(C)nc3C)=C(O)C(=O)N2c2nnc(SCc3ccccc3)s2)ccc1OCc1ccccc1. The first kappa shape index (κ1) is 30.5. The first-order valence-electron chi connectivity index (χ1n) is 13.9. The van der Waals surface area contributed by atoms with Crippen LogP contribution in [0.2, 0.25) is 0 Å². The molecule has 0 saturated heterocycles. The molecule has 9 nitrogen and oxygen atoms in total. The molecule has 0 aliphatic carbocycles. The Labute approximate surface area is 272 Å². The Balaban J connectivity index is 1.37. The van der Waals surface area contributed by atoms with E-state index >= 15 is 0 Å². The summed E-state index contributed by atoms with van der Waals surface area (Å²) < 4.78 is 12.4. The number of ketones is 1. The first-order chi connectivity index (χ1) is 21.8. The molecule has 1 aliphatic rings. The van der Waals surface area contributed by atoms with Gasteiger partial charge in [-0.05, 0) is 42.7 Å². The second-order valence-electron chi connectivity index (χ2n) is 10.1. The third-order valence-corrected chi connectivity index (χ3v) is 10.3. The van der Waals surface area contributed by atoms with Crippen LogP contribution in [-0.4, -0.2) is 39.1 Å². The van der Waals surface area contributed by atoms with Crippen LogP contribution in [-0.2, 0) is 17.2 Å². The molecule has 1 amide bonds. The third kappa shape index (κ3) is 6.35. The van der Waals surface area contributed by atoms with E-state index in [1.165, 1.54) is 46.4 Å². The molecule has 45 heavy (non-hydrogen) atoms. The van der Waals surface area contributed by atoms with Crippen molar-refractivity contribution in [1.82, 2.24) is 15.2 Å². The van der Waals surface area contributed by atoms with Gasteiger partial charge in [-0.15, -0.1) is 21.5 Å². The Kier molecular flexibility index (Phi) is 8.97. The van der Waals surface area contributed by atoms with Crippen molar-refractivity contribution in [1.29, 1.82) is 0 Å². The van der Waals surface area contributed by atoms with Gasteiger partial charge in [0.2, 0.25) is 10.9 Å². The Morgan fingerprint density at radius 1 is 0.956 bits per heavy atom. The number of rotatable bonds is 11. The van der Waals surface area contributed by atoms with Gasteiger partial charge in [0.05, 0.1) is 34.3 Å². The van der Waals surface area contributed by atoms with Crippen LogP contribution in [0.15, 0.2) is 94.5 Å². The van der Waals surface area contributed by atoms with Crippen LogP contribution in [0, 0.1) is 13.8 Å². The van der Waals surface area contributed by atoms with Crippen LogP contribution in [0.4, 0.5) is 5.13 Å². The van der Waals surface area contributed by atoms with Gasteiger partial charge in [-0.2, -0.15) is 0 Å². The standard InChI is InChI=1S/C33H28N4O5S3/c1-19-30(44-20(2)34-19)28(38)26-27(23-14-15-24(25(16-23)41-3)42-17-21-10-6-4-7-11-21)37(31(40)29(26)39)32-35-36-33(45-32)43-18-22-12-8-5-9-13-22/h4-16,27,39H,17-18H2,1-3H3. The summed E-state index contributed by atoms with van der Waals surface area (Å²) in [5.41, 5.74) is 3.13. The number of anilines is 1. The molecule has 228 valence electrons. The minimum Gasteiger partial charge on any atom is -0.503 e. The van der Waals surface area contributed by atoms with Crippen LogP contribution in [0.1, 0.15) is 43.1 Å². The molecule has 2 aromatic heterocycles. The zero-order valence-corrected chi connectivity index (χ0v) is 27.0. The number of nitrogens with zero attached hydrogens (tertiary/aromatic N) is 4. The van der Waals surface area contributed by atoms with Crippen molar-refractivity contribution >= 4 is 51.3 Å². The van der Waals surface area contributed by atoms with Gasteiger partial charge in [0.1, 0.15) is 6.61 Å². The molecule has 1 atom stereocenters. The van der Waals surface area contributed by atoms with Gasteiger partial charge in [-0.3, -0.25) is 14.5 Å². The molecule has 0 bridgehead atoms. The smallest absolute Gasteiger partial charge is 0.296 e. The van der Waals surface area contributed by atoms with Gasteiger partial charge in [-0.1, -0.05) is 89.8 Å². The summed E-state index contributed by atoms with van der Waals surface area (Å²) in [5, 5.41) is 20.8. The summed E-state index contributed by atoms with van der Waals surface area (Å²) >= 11 is 3.93. The van der Waals surface area contributed by atoms with Crippen molar-refractivity contribution in [2.24, 2.45) is 0 Å². The number of methoxy groups -OCH3 is 1. The molecule has 1 unspecified atom stereocenters. The Bertz CT molecular complexity index is 1890. The maximum absolute atomic E-state index is 14.0. The number of carbonyl (C=O) groups excluding carboxylic acids is 2. The van der Waals surface area contributed by atoms with E-state index in [1.807, 2.05) is 60.7 Å². The van der Waals surface area contributed by atoms with Crippen LogP contribution in [0.3, 0.4) is 0 Å². The number of thiazole rings is 1. The molecule has 1 aliphatic heterocycles. The van der Waals surface area contributed by atoms with Crippen molar-refractivity contribution in [2.45, 2.75) is 36.6 Å². The third-order valence-electron chi connectivity index (χ3n) is 7.11. The number of Topliss-reactive ketones (excluding diaryl/α,β-unsaturated/α-hetero) is 1. The fraction of sp³-hybridized carbons (Fsp3) is 0.182. The second-order valence-corrected chi connectivity index (χ2v) is 13.5. The van der Waals surface area contributed by atoms with Crippen LogP contribution in [0.5, 0.6) is 11.5 Å². The molecule has 1 N–H and O–H groups in total. The zero-order valence-electron chi connectivity index (χ0n) is 24.6. The summed E-state index contributed by atoms with van der Waals surface area (Å²) in [6, 6.07) is 23.9. The summed E-state index contributed by atoms with van der Waals surface area (Å²) in [5.74, 6) is -0.260. The summed E-state index contributed by atoms with van der Waals surface area (Å²) in [6.45, 7) is 3.87. The van der Waals surface area contributed by atoms with E-state index in [4.69, 9.17) is 9.47 Å². The van der Waals surface area contributed by atoms with Gasteiger partial charge >= 0.3 is 0 Å². The Hall–Kier alpha value is -4.52. The summed E-state index contributed by atoms with van der Waals surface area (Å²) in [4.78, 5) is 33.8. The normalized spacial score (nSPS) is 14.7. The van der Waals surface area contributed by atoms with Crippen molar-refractivity contribution < 1.29 is 24.2 Å². The largest absolute Gasteiger partial charge is 0.503 e. The lowest BCUT2D eigenvalue weighted by atomic mass is 9.95. The number of aliphatic hydroxyl groups excluding tert-OH is 1. The number of aryl methyl sites for hydroxylation is 2. The van der Waals surface area contributed by atoms with Gasteiger partial charge in [0.25, 0.3) is 5.91 Å². The molecule has 6 rings (SSSR count). The zero-order chi connectivity index (χ0) is 31.5. The Morgan fingerprint density at radius 3 is 2.33 bits per heavy atom. The number of hydrogen-bond donors (Lipinski definition) is 1. The number of amides is 1. The highest BCUT2D eigenvalue weighted by atomic mass is 32.2. The molecular weight excluding hydrogens is 629 g/mol. The molecule has 0 fully saturated rings. The lowest BCUT2D eigenvalue weighted by Gasteiger charge is -2.25. The van der Waals surface area contributed by atoms with E-state index < -0.39 is 23.5 Å². The van der Waals surface area contributed by atoms with E-state index in [0.717, 1.165) is 11.1 Å². The molecule has 3 heterocycles. The number of thioether (sulfide) groups is 1. The van der Waals surface area contributed by atoms with Crippen molar-refractivity contribution in [3.05, 3.63) is 122 Å². The molecule has 0 radical (unpaired) electrons. The predicted molar refractivity (Wildman–Crippen MR) is 175 cm³/mol. The highest BCUT2D eigenvalue weighted by Crippen LogP contribution is 2.46. The maximum atomic E-state index is 14.0. The average Bonchev–Trinajstić information content (AvgIpc) is 3.74. The van der Waals surface area contributed by atoms with E-state index in [9.17, 15) is 14.7 Å². The molecule has 0 saturated carbocycles. The molecule has 3 aromatic carbocycles. The number of carbonyl (C=O) groups is 2. The van der Waals surface area contributed by atoms with Crippen molar-refractivity contribution in [3.8, 4) is 11.5 Å². The summed E-state index contributed by atoms with van der Waals surface area (Å²) in [6.07, 6.45) is 0. The minimum atomic E-state index is -0.996. The summed E-state index contributed by atoms with van der Waals surface area (Å²) in [7, 11) is 1.52. The Morgan fingerprint density at radius 2 is 1.67 bits per heavy atom. The fourth-order valence-corrected chi connectivity index (χ4v) is 7.70. The number of ether oxygens (including phenoxy) is 2. The molecule has 5 aromatic rings. The van der Waals surface area contributed by atoms with Gasteiger partial charge < -0.3 is 14.6 Å². The lowest BCUT2D eigenvalue weighted by Crippen LogP contribution is -2.31. The van der Waals surface area contributed by atoms with E-state index in [2.05, 4.69) is 15.2 Å². The topological polar surface area (TPSA) is 115 Å². The average molecular weight is 657 g/mol. The number of aromatic nitrogens is 3. The van der Waals surface area contributed by atoms with Gasteiger partial charge in [-0.25, -0.2) is 4.98 Å². The van der Waals surface area contributed by atoms with Crippen molar-refractivity contribution in [2.75, 3.05) is 12.0 Å². The number of hydrogen-bond acceptors (Lipinski definition) is 11. The predicted octanol–water partition coefficient (Wildman–Crippen LogP) is 7.27. The number of benzene rings is 3. The first-order valence-corrected chi connectivity index (χ1v) is 16.6. The maximum Gasteiger partial charge on any atom is 0.296 e. The van der Waals surface area contributed by atoms with Crippen LogP contribution < -0.4 is 14.4 Å². The minimum absolute atomic E-state index is 0.0551. The molecule has 12 heteroatoms. The number of aliphatic hydroxyl groups is 1. The molecular formula is C33H28N4O5S3.